The molecule has 8 nitrogen and oxygen atoms in total. The van der Waals surface area contributed by atoms with Gasteiger partial charge in [-0.15, -0.1) is 0 Å². The number of aldehydes is 1. The smallest absolute Gasteiger partial charge is 0.288 e. The number of hydrogen-bond donors (Lipinski definition) is 3. The Balaban J connectivity index is 1.94. The molecule has 0 spiro atoms. The van der Waals surface area contributed by atoms with Gasteiger partial charge < -0.3 is 20.6 Å². The van der Waals surface area contributed by atoms with E-state index in [1.807, 2.05) is 0 Å². The number of anilines is 1. The zero-order chi connectivity index (χ0) is 20.7. The Bertz CT molecular complexity index is 790. The van der Waals surface area contributed by atoms with Crippen molar-refractivity contribution in [2.24, 2.45) is 17.5 Å². The number of rotatable bonds is 9. The number of pyridine rings is 1. The molecule has 1 aromatic rings. The van der Waals surface area contributed by atoms with Gasteiger partial charge in [-0.05, 0) is 25.3 Å². The van der Waals surface area contributed by atoms with Crippen LogP contribution in [0.25, 0.3) is 0 Å². The van der Waals surface area contributed by atoms with Gasteiger partial charge in [0.1, 0.15) is 6.17 Å². The number of nitrogens with zero attached hydrogens (tertiary/aromatic N) is 2. The van der Waals surface area contributed by atoms with Gasteiger partial charge in [-0.3, -0.25) is 14.4 Å². The summed E-state index contributed by atoms with van der Waals surface area (Å²) in [6.45, 7) is -0.324. The van der Waals surface area contributed by atoms with Crippen LogP contribution < -0.4 is 22.5 Å². The second-order valence-electron chi connectivity index (χ2n) is 6.84. The first-order chi connectivity index (χ1) is 13.3. The number of hydrazine groups is 1. The number of aryl methyl sites for hydroxylation is 1. The summed E-state index contributed by atoms with van der Waals surface area (Å²) in [5, 5.41) is 3.39. The van der Waals surface area contributed by atoms with E-state index in [4.69, 9.17) is 11.6 Å². The summed E-state index contributed by atoms with van der Waals surface area (Å²) in [4.78, 5) is 34.6. The Hall–Kier alpha value is -2.75. The number of amides is 1. The van der Waals surface area contributed by atoms with Crippen LogP contribution in [0.3, 0.4) is 0 Å². The summed E-state index contributed by atoms with van der Waals surface area (Å²) in [6.07, 6.45) is 4.69. The molecular weight excluding hydrogens is 372 g/mol. The van der Waals surface area contributed by atoms with Gasteiger partial charge in [-0.1, -0.05) is 12.8 Å². The maximum absolute atomic E-state index is 14.3. The topological polar surface area (TPSA) is 123 Å². The van der Waals surface area contributed by atoms with Crippen LogP contribution in [0, 0.1) is 11.7 Å². The molecule has 1 aromatic heterocycles. The molecule has 0 saturated heterocycles. The maximum atomic E-state index is 14.3. The fraction of sp³-hybridized carbons (Fsp3) is 0.500. The van der Waals surface area contributed by atoms with Crippen molar-refractivity contribution in [2.75, 3.05) is 11.9 Å². The lowest BCUT2D eigenvalue weighted by molar-refractivity contribution is -0.119. The standard InChI is InChI=1S/C18H25F2N5O3/c19-13(9-25(22)10-14(21)11-26)5-7-24-8-6-15(16(20)18(24)28)23-17(27)12-3-1-2-4-12/h6,8,10-13H,1-5,7,9,21-22H2,(H,23,27)/b14-10-. The zero-order valence-electron chi connectivity index (χ0n) is 15.4. The van der Waals surface area contributed by atoms with E-state index in [9.17, 15) is 23.2 Å². The Morgan fingerprint density at radius 2 is 2.11 bits per heavy atom. The van der Waals surface area contributed by atoms with Crippen molar-refractivity contribution in [2.45, 2.75) is 44.8 Å². The van der Waals surface area contributed by atoms with E-state index >= 15 is 0 Å². The normalized spacial score (nSPS) is 16.0. The predicted molar refractivity (Wildman–Crippen MR) is 100.0 cm³/mol. The van der Waals surface area contributed by atoms with Crippen LogP contribution in [0.4, 0.5) is 14.5 Å². The largest absolute Gasteiger partial charge is 0.395 e. The summed E-state index contributed by atoms with van der Waals surface area (Å²) < 4.78 is 29.3. The van der Waals surface area contributed by atoms with E-state index in [2.05, 4.69) is 5.32 Å². The van der Waals surface area contributed by atoms with Gasteiger partial charge in [0.25, 0.3) is 5.56 Å². The highest BCUT2D eigenvalue weighted by Crippen LogP contribution is 2.26. The Morgan fingerprint density at radius 1 is 1.43 bits per heavy atom. The molecular formula is C18H25F2N5O3. The molecule has 0 radical (unpaired) electrons. The van der Waals surface area contributed by atoms with E-state index in [1.54, 1.807) is 0 Å². The SMILES string of the molecule is N/C(C=O)=C\N(N)CC(F)CCn1ccc(NC(=O)C2CCCC2)c(F)c1=O. The van der Waals surface area contributed by atoms with Crippen molar-refractivity contribution in [3.05, 3.63) is 40.3 Å². The minimum atomic E-state index is -1.43. The predicted octanol–water partition coefficient (Wildman–Crippen LogP) is 1.02. The number of aromatic nitrogens is 1. The lowest BCUT2D eigenvalue weighted by Gasteiger charge is -2.17. The molecule has 1 amide bonds. The molecule has 0 aromatic carbocycles. The monoisotopic (exact) mass is 397 g/mol. The van der Waals surface area contributed by atoms with Gasteiger partial charge in [-0.2, -0.15) is 4.39 Å². The number of alkyl halides is 1. The Labute approximate surface area is 161 Å². The molecule has 1 atom stereocenters. The van der Waals surface area contributed by atoms with Gasteiger partial charge in [-0.25, -0.2) is 10.2 Å². The number of nitrogens with one attached hydrogen (secondary N) is 1. The number of hydrogen-bond acceptors (Lipinski definition) is 6. The lowest BCUT2D eigenvalue weighted by Crippen LogP contribution is -2.34. The van der Waals surface area contributed by atoms with Gasteiger partial charge in [0.15, 0.2) is 6.29 Å². The number of carbonyl (C=O) groups excluding carboxylic acids is 2. The molecule has 1 unspecified atom stereocenters. The summed E-state index contributed by atoms with van der Waals surface area (Å²) in [5.74, 6) is 3.98. The van der Waals surface area contributed by atoms with Crippen LogP contribution in [0.2, 0.25) is 0 Å². The zero-order valence-corrected chi connectivity index (χ0v) is 15.4. The van der Waals surface area contributed by atoms with Crippen LogP contribution in [-0.4, -0.2) is 34.5 Å². The first-order valence-electron chi connectivity index (χ1n) is 9.09. The van der Waals surface area contributed by atoms with Gasteiger partial charge >= 0.3 is 0 Å². The summed E-state index contributed by atoms with van der Waals surface area (Å²) in [5.41, 5.74) is 4.01. The van der Waals surface area contributed by atoms with E-state index in [1.165, 1.54) is 12.3 Å². The van der Waals surface area contributed by atoms with E-state index in [0.29, 0.717) is 6.29 Å². The second-order valence-corrected chi connectivity index (χ2v) is 6.84. The van der Waals surface area contributed by atoms with Gasteiger partial charge in [0.2, 0.25) is 11.7 Å². The fourth-order valence-electron chi connectivity index (χ4n) is 3.12. The number of allylic oxidation sites excluding steroid dienone is 1. The quantitative estimate of drug-likeness (QED) is 0.247. The van der Waals surface area contributed by atoms with Crippen molar-refractivity contribution in [3.63, 3.8) is 0 Å². The first-order valence-corrected chi connectivity index (χ1v) is 9.09. The third-order valence-corrected chi connectivity index (χ3v) is 4.63. The minimum Gasteiger partial charge on any atom is -0.395 e. The van der Waals surface area contributed by atoms with E-state index in [0.717, 1.165) is 41.5 Å². The van der Waals surface area contributed by atoms with Crippen LogP contribution in [0.5, 0.6) is 0 Å². The number of halogens is 2. The van der Waals surface area contributed by atoms with E-state index in [-0.39, 0.29) is 42.7 Å². The van der Waals surface area contributed by atoms with Crippen molar-refractivity contribution >= 4 is 17.9 Å². The van der Waals surface area contributed by atoms with Crippen LogP contribution in [-0.2, 0) is 16.1 Å². The molecule has 5 N–H and O–H groups in total. The average molecular weight is 397 g/mol. The highest BCUT2D eigenvalue weighted by molar-refractivity contribution is 5.92. The molecule has 10 heteroatoms. The molecule has 1 aliphatic carbocycles. The molecule has 0 bridgehead atoms. The van der Waals surface area contributed by atoms with Crippen LogP contribution in [0.15, 0.2) is 29.0 Å². The lowest BCUT2D eigenvalue weighted by atomic mass is 10.1. The summed E-state index contributed by atoms with van der Waals surface area (Å²) in [7, 11) is 0. The molecule has 2 rings (SSSR count). The van der Waals surface area contributed by atoms with Crippen molar-refractivity contribution in [1.29, 1.82) is 0 Å². The molecule has 28 heavy (non-hydrogen) atoms. The first kappa shape index (κ1) is 21.5. The molecule has 1 heterocycles. The minimum absolute atomic E-state index is 0.0749. The van der Waals surface area contributed by atoms with E-state index < -0.39 is 17.5 Å². The second kappa shape index (κ2) is 9.98. The summed E-state index contributed by atoms with van der Waals surface area (Å²) in [6, 6.07) is 1.29. The number of nitrogens with two attached hydrogens (primary N) is 2. The molecule has 1 aliphatic rings. The van der Waals surface area contributed by atoms with Crippen LogP contribution >= 0.6 is 0 Å². The highest BCUT2D eigenvalue weighted by atomic mass is 19.1. The fourth-order valence-corrected chi connectivity index (χ4v) is 3.12. The Kier molecular flexibility index (Phi) is 7.68. The van der Waals surface area contributed by atoms with Crippen molar-refractivity contribution in [3.8, 4) is 0 Å². The number of carbonyl (C=O) groups is 2. The molecule has 154 valence electrons. The van der Waals surface area contributed by atoms with Gasteiger partial charge in [0.05, 0.1) is 17.9 Å². The van der Waals surface area contributed by atoms with Crippen molar-refractivity contribution in [1.82, 2.24) is 9.58 Å². The molecule has 1 saturated carbocycles. The third-order valence-electron chi connectivity index (χ3n) is 4.63. The van der Waals surface area contributed by atoms with Gasteiger partial charge in [0, 0.05) is 24.9 Å². The molecule has 1 fully saturated rings. The maximum Gasteiger partial charge on any atom is 0.288 e. The van der Waals surface area contributed by atoms with Crippen molar-refractivity contribution < 1.29 is 18.4 Å². The Morgan fingerprint density at radius 3 is 2.75 bits per heavy atom. The van der Waals surface area contributed by atoms with Crippen LogP contribution in [0.1, 0.15) is 32.1 Å². The highest BCUT2D eigenvalue weighted by Gasteiger charge is 2.24. The summed E-state index contributed by atoms with van der Waals surface area (Å²) >= 11 is 0. The average Bonchev–Trinajstić information content (AvgIpc) is 3.19. The molecule has 0 aliphatic heterocycles. The third kappa shape index (κ3) is 5.88.